The molecule has 5 nitrogen and oxygen atoms in total. The first-order valence-electron chi connectivity index (χ1n) is 8.09. The van der Waals surface area contributed by atoms with Crippen molar-refractivity contribution in [2.24, 2.45) is 0 Å². The van der Waals surface area contributed by atoms with Gasteiger partial charge in [-0.25, -0.2) is 4.79 Å². The highest BCUT2D eigenvalue weighted by Gasteiger charge is 2.19. The highest BCUT2D eigenvalue weighted by Crippen LogP contribution is 2.19. The molecule has 0 aliphatic rings. The second kappa shape index (κ2) is 7.94. The van der Waals surface area contributed by atoms with Crippen molar-refractivity contribution in [3.8, 4) is 0 Å². The molecule has 0 saturated carbocycles. The quantitative estimate of drug-likeness (QED) is 0.814. The van der Waals surface area contributed by atoms with Crippen molar-refractivity contribution in [2.75, 3.05) is 0 Å². The number of aliphatic hydroxyl groups is 1. The summed E-state index contributed by atoms with van der Waals surface area (Å²) >= 11 is 0. The fourth-order valence-corrected chi connectivity index (χ4v) is 2.27. The average Bonchev–Trinajstić information content (AvgIpc) is 2.58. The lowest BCUT2D eigenvalue weighted by molar-refractivity contribution is 0.0523. The van der Waals surface area contributed by atoms with E-state index in [-0.39, 0.29) is 12.3 Å². The average molecular weight is 341 g/mol. The Morgan fingerprint density at radius 3 is 2.40 bits per heavy atom. The number of hydrogen-bond donors (Lipinski definition) is 2. The molecule has 0 bridgehead atoms. The molecule has 0 aliphatic heterocycles. The Labute approximate surface area is 147 Å². The van der Waals surface area contributed by atoms with Gasteiger partial charge in [0.25, 0.3) is 0 Å². The number of carbonyl (C=O) groups excluding carboxylic acids is 2. The molecule has 0 saturated heterocycles. The van der Waals surface area contributed by atoms with Gasteiger partial charge in [-0.15, -0.1) is 0 Å². The zero-order valence-electron chi connectivity index (χ0n) is 14.7. The molecule has 132 valence electrons. The highest BCUT2D eigenvalue weighted by atomic mass is 16.6. The van der Waals surface area contributed by atoms with E-state index in [1.54, 1.807) is 69.3 Å². The molecule has 0 radical (unpaired) electrons. The van der Waals surface area contributed by atoms with E-state index in [1.165, 1.54) is 0 Å². The maximum atomic E-state index is 12.5. The number of hydrogen-bond acceptors (Lipinski definition) is 4. The van der Waals surface area contributed by atoms with Crippen molar-refractivity contribution >= 4 is 11.9 Å². The summed E-state index contributed by atoms with van der Waals surface area (Å²) in [6.07, 6.45) is -1.73. The fraction of sp³-hybridized carbons (Fsp3) is 0.300. The summed E-state index contributed by atoms with van der Waals surface area (Å²) in [7, 11) is 0. The zero-order valence-corrected chi connectivity index (χ0v) is 14.7. The third-order valence-corrected chi connectivity index (χ3v) is 3.41. The minimum absolute atomic E-state index is 0.234. The molecule has 2 rings (SSSR count). The lowest BCUT2D eigenvalue weighted by Gasteiger charge is -2.19. The van der Waals surface area contributed by atoms with Gasteiger partial charge in [-0.3, -0.25) is 4.79 Å². The highest BCUT2D eigenvalue weighted by molar-refractivity contribution is 6.00. The van der Waals surface area contributed by atoms with Crippen LogP contribution in [0.4, 0.5) is 4.79 Å². The molecule has 0 fully saturated rings. The van der Waals surface area contributed by atoms with Crippen LogP contribution < -0.4 is 5.32 Å². The standard InChI is InChI=1S/C20H23NO4/c1-20(2,3)25-19(24)21-13-14-8-7-11-16(12-14)18(23)17(22)15-9-5-4-6-10-15/h4-12,17,22H,13H2,1-3H3,(H,21,24). The van der Waals surface area contributed by atoms with E-state index in [9.17, 15) is 14.7 Å². The maximum Gasteiger partial charge on any atom is 0.407 e. The SMILES string of the molecule is CC(C)(C)OC(=O)NCc1cccc(C(=O)C(O)c2ccccc2)c1. The number of benzene rings is 2. The third-order valence-electron chi connectivity index (χ3n) is 3.41. The minimum Gasteiger partial charge on any atom is -0.444 e. The number of ketones is 1. The van der Waals surface area contributed by atoms with Gasteiger partial charge in [-0.2, -0.15) is 0 Å². The van der Waals surface area contributed by atoms with E-state index in [1.807, 2.05) is 6.07 Å². The largest absolute Gasteiger partial charge is 0.444 e. The predicted molar refractivity (Wildman–Crippen MR) is 95.2 cm³/mol. The molecular formula is C20H23NO4. The van der Waals surface area contributed by atoms with Crippen LogP contribution in [-0.2, 0) is 11.3 Å². The van der Waals surface area contributed by atoms with E-state index in [4.69, 9.17) is 4.74 Å². The predicted octanol–water partition coefficient (Wildman–Crippen LogP) is 3.63. The molecule has 0 aromatic heterocycles. The molecule has 0 heterocycles. The summed E-state index contributed by atoms with van der Waals surface area (Å²) < 4.78 is 5.18. The smallest absolute Gasteiger partial charge is 0.407 e. The molecule has 25 heavy (non-hydrogen) atoms. The van der Waals surface area contributed by atoms with Gasteiger partial charge in [-0.05, 0) is 38.0 Å². The van der Waals surface area contributed by atoms with Crippen LogP contribution in [0.1, 0.15) is 48.4 Å². The zero-order chi connectivity index (χ0) is 18.4. The van der Waals surface area contributed by atoms with Gasteiger partial charge in [0.05, 0.1) is 0 Å². The minimum atomic E-state index is -1.21. The Hall–Kier alpha value is -2.66. The summed E-state index contributed by atoms with van der Waals surface area (Å²) in [5.41, 5.74) is 1.11. The van der Waals surface area contributed by atoms with Crippen LogP contribution in [0, 0.1) is 0 Å². The van der Waals surface area contributed by atoms with Crippen LogP contribution in [0.2, 0.25) is 0 Å². The Bertz CT molecular complexity index is 735. The van der Waals surface area contributed by atoms with E-state index >= 15 is 0 Å². The van der Waals surface area contributed by atoms with Crippen molar-refractivity contribution in [3.63, 3.8) is 0 Å². The monoisotopic (exact) mass is 341 g/mol. The van der Waals surface area contributed by atoms with Gasteiger partial charge in [0.1, 0.15) is 11.7 Å². The van der Waals surface area contributed by atoms with Crippen molar-refractivity contribution < 1.29 is 19.4 Å². The molecule has 5 heteroatoms. The number of aliphatic hydroxyl groups excluding tert-OH is 1. The molecular weight excluding hydrogens is 318 g/mol. The lowest BCUT2D eigenvalue weighted by Crippen LogP contribution is -2.32. The number of carbonyl (C=O) groups is 2. The molecule has 0 spiro atoms. The van der Waals surface area contributed by atoms with Crippen LogP contribution in [0.5, 0.6) is 0 Å². The first-order valence-corrected chi connectivity index (χ1v) is 8.09. The topological polar surface area (TPSA) is 75.6 Å². The maximum absolute atomic E-state index is 12.5. The fourth-order valence-electron chi connectivity index (χ4n) is 2.27. The Balaban J connectivity index is 2.03. The summed E-state index contributed by atoms with van der Waals surface area (Å²) in [5, 5.41) is 12.9. The Morgan fingerprint density at radius 1 is 1.08 bits per heavy atom. The van der Waals surface area contributed by atoms with E-state index in [0.717, 1.165) is 5.56 Å². The lowest BCUT2D eigenvalue weighted by atomic mass is 9.98. The van der Waals surface area contributed by atoms with E-state index in [0.29, 0.717) is 11.1 Å². The second-order valence-electron chi connectivity index (χ2n) is 6.73. The molecule has 2 N–H and O–H groups in total. The van der Waals surface area contributed by atoms with E-state index < -0.39 is 17.8 Å². The van der Waals surface area contributed by atoms with Gasteiger partial charge < -0.3 is 15.2 Å². The van der Waals surface area contributed by atoms with Crippen molar-refractivity contribution in [3.05, 3.63) is 71.3 Å². The molecule has 2 aromatic rings. The van der Waals surface area contributed by atoms with Crippen LogP contribution in [-0.4, -0.2) is 22.6 Å². The first-order chi connectivity index (χ1) is 11.8. The summed E-state index contributed by atoms with van der Waals surface area (Å²) in [6, 6.07) is 15.6. The third kappa shape index (κ3) is 5.72. The van der Waals surface area contributed by atoms with Gasteiger partial charge in [0, 0.05) is 12.1 Å². The second-order valence-corrected chi connectivity index (χ2v) is 6.73. The van der Waals surface area contributed by atoms with Crippen LogP contribution in [0.15, 0.2) is 54.6 Å². The van der Waals surface area contributed by atoms with Gasteiger partial charge in [0.15, 0.2) is 5.78 Å². The molecule has 0 aliphatic carbocycles. The van der Waals surface area contributed by atoms with Gasteiger partial charge in [-0.1, -0.05) is 48.5 Å². The number of ether oxygens (including phenoxy) is 1. The molecule has 1 amide bonds. The number of Topliss-reactive ketones (excluding diaryl/α,β-unsaturated/α-hetero) is 1. The van der Waals surface area contributed by atoms with Crippen molar-refractivity contribution in [2.45, 2.75) is 39.0 Å². The van der Waals surface area contributed by atoms with Crippen molar-refractivity contribution in [1.82, 2.24) is 5.32 Å². The molecule has 1 unspecified atom stereocenters. The summed E-state index contributed by atoms with van der Waals surface area (Å²) in [5.74, 6) is -0.384. The number of alkyl carbamates (subject to hydrolysis) is 1. The first kappa shape index (κ1) is 18.7. The molecule has 1 atom stereocenters. The summed E-state index contributed by atoms with van der Waals surface area (Å²) in [6.45, 7) is 5.60. The molecule has 2 aromatic carbocycles. The van der Waals surface area contributed by atoms with Crippen LogP contribution in [0.3, 0.4) is 0 Å². The number of rotatable bonds is 5. The van der Waals surface area contributed by atoms with Gasteiger partial charge >= 0.3 is 6.09 Å². The van der Waals surface area contributed by atoms with E-state index in [2.05, 4.69) is 5.32 Å². The van der Waals surface area contributed by atoms with Crippen molar-refractivity contribution in [1.29, 1.82) is 0 Å². The van der Waals surface area contributed by atoms with Crippen LogP contribution in [0.25, 0.3) is 0 Å². The Morgan fingerprint density at radius 2 is 1.76 bits per heavy atom. The number of nitrogens with one attached hydrogen (secondary N) is 1. The normalized spacial score (nSPS) is 12.3. The Kier molecular flexibility index (Phi) is 5.93. The van der Waals surface area contributed by atoms with Gasteiger partial charge in [0.2, 0.25) is 0 Å². The summed E-state index contributed by atoms with van der Waals surface area (Å²) in [4.78, 5) is 24.2. The van der Waals surface area contributed by atoms with Crippen LogP contribution >= 0.6 is 0 Å². The number of amides is 1.